The summed E-state index contributed by atoms with van der Waals surface area (Å²) in [6, 6.07) is -0.144. The van der Waals surface area contributed by atoms with Gasteiger partial charge < -0.3 is 10.1 Å². The van der Waals surface area contributed by atoms with Gasteiger partial charge in [0.2, 0.25) is 5.13 Å². The van der Waals surface area contributed by atoms with Crippen LogP contribution in [0, 0.1) is 6.92 Å². The van der Waals surface area contributed by atoms with E-state index in [1.165, 1.54) is 11.5 Å². The lowest BCUT2D eigenvalue weighted by Gasteiger charge is -2.22. The van der Waals surface area contributed by atoms with E-state index in [0.717, 1.165) is 19.4 Å². The Hall–Kier alpha value is -1.21. The minimum atomic E-state index is -0.244. The van der Waals surface area contributed by atoms with Crippen LogP contribution in [-0.2, 0) is 4.74 Å². The maximum atomic E-state index is 11.6. The summed E-state index contributed by atoms with van der Waals surface area (Å²) in [5, 5.41) is 6.01. The monoisotopic (exact) mass is 242 g/mol. The number of carbonyl (C=O) groups excluding carboxylic acids is 1. The number of hydrogen-bond donors (Lipinski definition) is 2. The Balaban J connectivity index is 1.79. The van der Waals surface area contributed by atoms with Crippen molar-refractivity contribution >= 4 is 22.7 Å². The molecule has 88 valence electrons. The molecule has 2 heterocycles. The SMILES string of the molecule is Cc1nsc(NC(=O)N[C@H]2CCCOC2)n1. The van der Waals surface area contributed by atoms with Crippen LogP contribution >= 0.6 is 11.5 Å². The highest BCUT2D eigenvalue weighted by Crippen LogP contribution is 2.10. The normalized spacial score (nSPS) is 20.4. The molecule has 1 aromatic rings. The van der Waals surface area contributed by atoms with Gasteiger partial charge >= 0.3 is 6.03 Å². The second-order valence-electron chi connectivity index (χ2n) is 3.66. The second kappa shape index (κ2) is 5.22. The summed E-state index contributed by atoms with van der Waals surface area (Å²) in [7, 11) is 0. The molecule has 1 atom stereocenters. The predicted octanol–water partition coefficient (Wildman–Crippen LogP) is 1.15. The number of carbonyl (C=O) groups is 1. The molecule has 0 radical (unpaired) electrons. The molecule has 6 nitrogen and oxygen atoms in total. The van der Waals surface area contributed by atoms with E-state index in [1.54, 1.807) is 6.92 Å². The van der Waals surface area contributed by atoms with Crippen molar-refractivity contribution in [2.24, 2.45) is 0 Å². The molecule has 2 rings (SSSR count). The summed E-state index contributed by atoms with van der Waals surface area (Å²) in [4.78, 5) is 15.6. The number of amides is 2. The Kier molecular flexibility index (Phi) is 3.68. The van der Waals surface area contributed by atoms with E-state index in [0.29, 0.717) is 17.6 Å². The van der Waals surface area contributed by atoms with Crippen LogP contribution in [0.4, 0.5) is 9.93 Å². The summed E-state index contributed by atoms with van der Waals surface area (Å²) in [6.45, 7) is 3.16. The Bertz CT molecular complexity index is 362. The Morgan fingerprint density at radius 1 is 1.62 bits per heavy atom. The molecule has 1 aliphatic heterocycles. The van der Waals surface area contributed by atoms with E-state index >= 15 is 0 Å². The fourth-order valence-corrected chi connectivity index (χ4v) is 2.09. The van der Waals surface area contributed by atoms with Gasteiger partial charge in [0.05, 0.1) is 12.6 Å². The van der Waals surface area contributed by atoms with E-state index in [-0.39, 0.29) is 12.1 Å². The van der Waals surface area contributed by atoms with Gasteiger partial charge in [-0.15, -0.1) is 0 Å². The first-order valence-corrected chi connectivity index (χ1v) is 5.97. The third kappa shape index (κ3) is 3.14. The number of hydrogen-bond acceptors (Lipinski definition) is 5. The number of ether oxygens (including phenoxy) is 1. The summed E-state index contributed by atoms with van der Waals surface area (Å²) in [5.41, 5.74) is 0. The maximum Gasteiger partial charge on any atom is 0.321 e. The van der Waals surface area contributed by atoms with Crippen LogP contribution in [-0.4, -0.2) is 34.6 Å². The van der Waals surface area contributed by atoms with Gasteiger partial charge in [0.25, 0.3) is 0 Å². The third-order valence-electron chi connectivity index (χ3n) is 2.24. The number of aryl methyl sites for hydroxylation is 1. The predicted molar refractivity (Wildman–Crippen MR) is 60.6 cm³/mol. The minimum Gasteiger partial charge on any atom is -0.379 e. The standard InChI is InChI=1S/C9H14N4O2S/c1-6-10-9(16-13-6)12-8(14)11-7-3-2-4-15-5-7/h7H,2-5H2,1H3,(H2,10,11,12,13,14)/t7-/m0/s1. The molecule has 0 unspecified atom stereocenters. The number of nitrogens with zero attached hydrogens (tertiary/aromatic N) is 2. The lowest BCUT2D eigenvalue weighted by molar-refractivity contribution is 0.0739. The van der Waals surface area contributed by atoms with Gasteiger partial charge in [-0.25, -0.2) is 9.78 Å². The average molecular weight is 242 g/mol. The maximum absolute atomic E-state index is 11.6. The molecule has 1 aliphatic rings. The summed E-state index contributed by atoms with van der Waals surface area (Å²) >= 11 is 1.18. The minimum absolute atomic E-state index is 0.0998. The number of rotatable bonds is 2. The van der Waals surface area contributed by atoms with Crippen LogP contribution in [0.2, 0.25) is 0 Å². The number of urea groups is 1. The van der Waals surface area contributed by atoms with Gasteiger partial charge in [0.1, 0.15) is 5.82 Å². The van der Waals surface area contributed by atoms with Crippen molar-refractivity contribution in [2.75, 3.05) is 18.5 Å². The van der Waals surface area contributed by atoms with Crippen LogP contribution in [0.1, 0.15) is 18.7 Å². The van der Waals surface area contributed by atoms with Crippen molar-refractivity contribution in [1.82, 2.24) is 14.7 Å². The summed E-state index contributed by atoms with van der Waals surface area (Å²) < 4.78 is 9.25. The zero-order chi connectivity index (χ0) is 11.4. The molecule has 16 heavy (non-hydrogen) atoms. The van der Waals surface area contributed by atoms with Gasteiger partial charge in [0, 0.05) is 18.1 Å². The lowest BCUT2D eigenvalue weighted by Crippen LogP contribution is -2.42. The molecule has 1 aromatic heterocycles. The van der Waals surface area contributed by atoms with Gasteiger partial charge in [0.15, 0.2) is 0 Å². The topological polar surface area (TPSA) is 76.1 Å². The molecule has 0 bridgehead atoms. The third-order valence-corrected chi connectivity index (χ3v) is 2.97. The van der Waals surface area contributed by atoms with Gasteiger partial charge in [-0.3, -0.25) is 5.32 Å². The highest BCUT2D eigenvalue weighted by atomic mass is 32.1. The summed E-state index contributed by atoms with van der Waals surface area (Å²) in [6.07, 6.45) is 1.95. The van der Waals surface area contributed by atoms with Crippen molar-refractivity contribution in [3.63, 3.8) is 0 Å². The van der Waals surface area contributed by atoms with Crippen molar-refractivity contribution in [1.29, 1.82) is 0 Å². The highest BCUT2D eigenvalue weighted by molar-refractivity contribution is 7.09. The first-order chi connectivity index (χ1) is 7.74. The molecular weight excluding hydrogens is 228 g/mol. The van der Waals surface area contributed by atoms with Crippen molar-refractivity contribution < 1.29 is 9.53 Å². The van der Waals surface area contributed by atoms with Gasteiger partial charge in [-0.1, -0.05) is 0 Å². The summed E-state index contributed by atoms with van der Waals surface area (Å²) in [5.74, 6) is 0.668. The van der Waals surface area contributed by atoms with Crippen LogP contribution in [0.5, 0.6) is 0 Å². The smallest absolute Gasteiger partial charge is 0.321 e. The Morgan fingerprint density at radius 2 is 2.50 bits per heavy atom. The van der Waals surface area contributed by atoms with E-state index in [4.69, 9.17) is 4.74 Å². The molecule has 0 spiro atoms. The quantitative estimate of drug-likeness (QED) is 0.815. The molecular formula is C9H14N4O2S. The number of anilines is 1. The van der Waals surface area contributed by atoms with Crippen molar-refractivity contribution in [3.8, 4) is 0 Å². The molecule has 0 saturated carbocycles. The molecule has 1 fully saturated rings. The van der Waals surface area contributed by atoms with Gasteiger partial charge in [-0.05, 0) is 19.8 Å². The lowest BCUT2D eigenvalue weighted by atomic mass is 10.1. The van der Waals surface area contributed by atoms with E-state index in [1.807, 2.05) is 0 Å². The van der Waals surface area contributed by atoms with Crippen LogP contribution < -0.4 is 10.6 Å². The van der Waals surface area contributed by atoms with Crippen molar-refractivity contribution in [3.05, 3.63) is 5.82 Å². The van der Waals surface area contributed by atoms with Crippen molar-refractivity contribution in [2.45, 2.75) is 25.8 Å². The Labute approximate surface area is 97.6 Å². The molecule has 2 N–H and O–H groups in total. The molecule has 0 aliphatic carbocycles. The van der Waals surface area contributed by atoms with E-state index in [9.17, 15) is 4.79 Å². The zero-order valence-corrected chi connectivity index (χ0v) is 9.84. The number of aromatic nitrogens is 2. The van der Waals surface area contributed by atoms with E-state index < -0.39 is 0 Å². The molecule has 7 heteroatoms. The Morgan fingerprint density at radius 3 is 3.12 bits per heavy atom. The first-order valence-electron chi connectivity index (χ1n) is 5.19. The highest BCUT2D eigenvalue weighted by Gasteiger charge is 2.16. The average Bonchev–Trinajstić information content (AvgIpc) is 2.65. The molecule has 2 amide bonds. The largest absolute Gasteiger partial charge is 0.379 e. The second-order valence-corrected chi connectivity index (χ2v) is 4.41. The first kappa shape index (κ1) is 11.3. The molecule has 1 saturated heterocycles. The molecule has 0 aromatic carbocycles. The van der Waals surface area contributed by atoms with Crippen LogP contribution in [0.3, 0.4) is 0 Å². The van der Waals surface area contributed by atoms with Crippen LogP contribution in [0.25, 0.3) is 0 Å². The number of nitrogens with one attached hydrogen (secondary N) is 2. The van der Waals surface area contributed by atoms with Crippen LogP contribution in [0.15, 0.2) is 0 Å². The van der Waals surface area contributed by atoms with Gasteiger partial charge in [-0.2, -0.15) is 4.37 Å². The zero-order valence-electron chi connectivity index (χ0n) is 9.02. The van der Waals surface area contributed by atoms with E-state index in [2.05, 4.69) is 20.0 Å². The fourth-order valence-electron chi connectivity index (χ4n) is 1.52. The fraction of sp³-hybridized carbons (Fsp3) is 0.667.